The predicted octanol–water partition coefficient (Wildman–Crippen LogP) is 1.19. The molecule has 0 spiro atoms. The SMILES string of the molecule is CNCC(C)(C)Nc1nccc(C)n1. The van der Waals surface area contributed by atoms with Crippen molar-refractivity contribution in [1.82, 2.24) is 15.3 Å². The second kappa shape index (κ2) is 4.37. The molecule has 1 aromatic rings. The Bertz CT molecular complexity index is 296. The number of anilines is 1. The molecule has 0 fully saturated rings. The molecule has 0 atom stereocenters. The van der Waals surface area contributed by atoms with E-state index in [0.29, 0.717) is 5.95 Å². The maximum atomic E-state index is 4.29. The Morgan fingerprint density at radius 1 is 1.43 bits per heavy atom. The monoisotopic (exact) mass is 194 g/mol. The average molecular weight is 194 g/mol. The van der Waals surface area contributed by atoms with Crippen LogP contribution in [0.3, 0.4) is 0 Å². The first-order valence-electron chi connectivity index (χ1n) is 4.76. The standard InChI is InChI=1S/C10H18N4/c1-8-5-6-12-9(13-8)14-10(2,3)7-11-4/h5-6,11H,7H2,1-4H3,(H,12,13,14). The van der Waals surface area contributed by atoms with E-state index in [1.54, 1.807) is 6.20 Å². The Kier molecular flexibility index (Phi) is 3.41. The number of nitrogens with zero attached hydrogens (tertiary/aromatic N) is 2. The van der Waals surface area contributed by atoms with E-state index >= 15 is 0 Å². The van der Waals surface area contributed by atoms with Crippen LogP contribution in [0.1, 0.15) is 19.5 Å². The lowest BCUT2D eigenvalue weighted by atomic mass is 10.1. The van der Waals surface area contributed by atoms with E-state index < -0.39 is 0 Å². The predicted molar refractivity (Wildman–Crippen MR) is 58.4 cm³/mol. The smallest absolute Gasteiger partial charge is 0.223 e. The highest BCUT2D eigenvalue weighted by atomic mass is 15.1. The van der Waals surface area contributed by atoms with Crippen molar-refractivity contribution < 1.29 is 0 Å². The molecule has 4 heteroatoms. The summed E-state index contributed by atoms with van der Waals surface area (Å²) in [6.45, 7) is 7.03. The first kappa shape index (κ1) is 10.9. The molecule has 1 heterocycles. The molecule has 0 aliphatic rings. The van der Waals surface area contributed by atoms with Crippen molar-refractivity contribution in [3.63, 3.8) is 0 Å². The van der Waals surface area contributed by atoms with Crippen molar-refractivity contribution >= 4 is 5.95 Å². The van der Waals surface area contributed by atoms with Crippen molar-refractivity contribution in [2.75, 3.05) is 18.9 Å². The molecule has 0 saturated carbocycles. The van der Waals surface area contributed by atoms with E-state index in [1.807, 2.05) is 20.0 Å². The number of hydrogen-bond acceptors (Lipinski definition) is 4. The van der Waals surface area contributed by atoms with Crippen LogP contribution in [0.4, 0.5) is 5.95 Å². The molecule has 0 unspecified atom stereocenters. The first-order valence-corrected chi connectivity index (χ1v) is 4.76. The molecule has 0 bridgehead atoms. The Morgan fingerprint density at radius 2 is 2.14 bits per heavy atom. The Hall–Kier alpha value is -1.16. The van der Waals surface area contributed by atoms with Crippen molar-refractivity contribution in [2.45, 2.75) is 26.3 Å². The fourth-order valence-corrected chi connectivity index (χ4v) is 1.30. The second-order valence-corrected chi connectivity index (χ2v) is 4.06. The van der Waals surface area contributed by atoms with Gasteiger partial charge in [-0.05, 0) is 33.9 Å². The molecule has 0 saturated heterocycles. The summed E-state index contributed by atoms with van der Waals surface area (Å²) >= 11 is 0. The molecule has 0 aliphatic carbocycles. The third kappa shape index (κ3) is 3.30. The van der Waals surface area contributed by atoms with Gasteiger partial charge in [0.05, 0.1) is 0 Å². The van der Waals surface area contributed by atoms with E-state index in [-0.39, 0.29) is 5.54 Å². The molecule has 0 aromatic carbocycles. The van der Waals surface area contributed by atoms with Gasteiger partial charge in [-0.2, -0.15) is 0 Å². The number of likely N-dealkylation sites (N-methyl/N-ethyl adjacent to an activating group) is 1. The molecule has 1 rings (SSSR count). The van der Waals surface area contributed by atoms with Crippen molar-refractivity contribution in [3.8, 4) is 0 Å². The molecule has 1 aromatic heterocycles. The highest BCUT2D eigenvalue weighted by Gasteiger charge is 2.16. The lowest BCUT2D eigenvalue weighted by Crippen LogP contribution is -2.41. The number of nitrogens with one attached hydrogen (secondary N) is 2. The summed E-state index contributed by atoms with van der Waals surface area (Å²) in [6.07, 6.45) is 1.76. The third-order valence-electron chi connectivity index (χ3n) is 1.86. The largest absolute Gasteiger partial charge is 0.348 e. The van der Waals surface area contributed by atoms with Gasteiger partial charge in [0.15, 0.2) is 0 Å². The number of aromatic nitrogens is 2. The van der Waals surface area contributed by atoms with Crippen LogP contribution in [-0.4, -0.2) is 29.1 Å². The van der Waals surface area contributed by atoms with Crippen LogP contribution in [0, 0.1) is 6.92 Å². The van der Waals surface area contributed by atoms with Gasteiger partial charge in [0.1, 0.15) is 0 Å². The Balaban J connectivity index is 2.68. The van der Waals surface area contributed by atoms with Gasteiger partial charge in [0.25, 0.3) is 0 Å². The van der Waals surface area contributed by atoms with Gasteiger partial charge in [0.2, 0.25) is 5.95 Å². The minimum absolute atomic E-state index is 0.0391. The molecule has 0 amide bonds. The summed E-state index contributed by atoms with van der Waals surface area (Å²) < 4.78 is 0. The molecule has 78 valence electrons. The fourth-order valence-electron chi connectivity index (χ4n) is 1.30. The zero-order chi connectivity index (χ0) is 10.6. The molecular weight excluding hydrogens is 176 g/mol. The summed E-state index contributed by atoms with van der Waals surface area (Å²) in [7, 11) is 1.93. The molecule has 2 N–H and O–H groups in total. The molecule has 14 heavy (non-hydrogen) atoms. The van der Waals surface area contributed by atoms with Crippen LogP contribution < -0.4 is 10.6 Å². The van der Waals surface area contributed by atoms with Crippen molar-refractivity contribution in [2.24, 2.45) is 0 Å². The van der Waals surface area contributed by atoms with Crippen LogP contribution in [0.25, 0.3) is 0 Å². The van der Waals surface area contributed by atoms with Gasteiger partial charge >= 0.3 is 0 Å². The van der Waals surface area contributed by atoms with Crippen molar-refractivity contribution in [1.29, 1.82) is 0 Å². The zero-order valence-electron chi connectivity index (χ0n) is 9.26. The topological polar surface area (TPSA) is 49.8 Å². The lowest BCUT2D eigenvalue weighted by molar-refractivity contribution is 0.526. The van der Waals surface area contributed by atoms with Crippen LogP contribution in [0.5, 0.6) is 0 Å². The number of aryl methyl sites for hydroxylation is 1. The van der Waals surface area contributed by atoms with Gasteiger partial charge in [0, 0.05) is 24.0 Å². The third-order valence-corrected chi connectivity index (χ3v) is 1.86. The van der Waals surface area contributed by atoms with Gasteiger partial charge in [-0.25, -0.2) is 9.97 Å². The maximum absolute atomic E-state index is 4.29. The number of rotatable bonds is 4. The molecule has 0 aliphatic heterocycles. The molecular formula is C10H18N4. The van der Waals surface area contributed by atoms with E-state index in [9.17, 15) is 0 Å². The average Bonchev–Trinajstić information content (AvgIpc) is 2.02. The summed E-state index contributed by atoms with van der Waals surface area (Å²) in [5, 5.41) is 6.40. The summed E-state index contributed by atoms with van der Waals surface area (Å²) in [5.41, 5.74) is 0.936. The highest BCUT2D eigenvalue weighted by Crippen LogP contribution is 2.09. The minimum Gasteiger partial charge on any atom is -0.348 e. The zero-order valence-corrected chi connectivity index (χ0v) is 9.26. The van der Waals surface area contributed by atoms with Gasteiger partial charge in [-0.3, -0.25) is 0 Å². The fraction of sp³-hybridized carbons (Fsp3) is 0.600. The van der Waals surface area contributed by atoms with E-state index in [4.69, 9.17) is 0 Å². The van der Waals surface area contributed by atoms with Crippen LogP contribution in [0.2, 0.25) is 0 Å². The minimum atomic E-state index is -0.0391. The second-order valence-electron chi connectivity index (χ2n) is 4.06. The van der Waals surface area contributed by atoms with Gasteiger partial charge < -0.3 is 10.6 Å². The van der Waals surface area contributed by atoms with Crippen LogP contribution >= 0.6 is 0 Å². The normalized spacial score (nSPS) is 11.4. The summed E-state index contributed by atoms with van der Waals surface area (Å²) in [4.78, 5) is 8.45. The van der Waals surface area contributed by atoms with Gasteiger partial charge in [-0.15, -0.1) is 0 Å². The lowest BCUT2D eigenvalue weighted by Gasteiger charge is -2.25. The van der Waals surface area contributed by atoms with Gasteiger partial charge in [-0.1, -0.05) is 0 Å². The first-order chi connectivity index (χ1) is 6.53. The van der Waals surface area contributed by atoms with E-state index in [1.165, 1.54) is 0 Å². The van der Waals surface area contributed by atoms with Crippen LogP contribution in [0.15, 0.2) is 12.3 Å². The quantitative estimate of drug-likeness (QED) is 0.756. The van der Waals surface area contributed by atoms with E-state index in [2.05, 4.69) is 34.4 Å². The molecule has 0 radical (unpaired) electrons. The highest BCUT2D eigenvalue weighted by molar-refractivity contribution is 5.28. The van der Waals surface area contributed by atoms with Crippen molar-refractivity contribution in [3.05, 3.63) is 18.0 Å². The summed E-state index contributed by atoms with van der Waals surface area (Å²) in [6, 6.07) is 1.89. The summed E-state index contributed by atoms with van der Waals surface area (Å²) in [5.74, 6) is 0.685. The van der Waals surface area contributed by atoms with Crippen LogP contribution in [-0.2, 0) is 0 Å². The maximum Gasteiger partial charge on any atom is 0.223 e. The Labute approximate surface area is 85.2 Å². The van der Waals surface area contributed by atoms with E-state index in [0.717, 1.165) is 12.2 Å². The number of hydrogen-bond donors (Lipinski definition) is 2. The Morgan fingerprint density at radius 3 is 2.71 bits per heavy atom. The molecule has 4 nitrogen and oxygen atoms in total.